The number of phenolic OH excluding ortho intramolecular Hbond substituents is 1. The molecule has 1 aromatic carbocycles. The van der Waals surface area contributed by atoms with Gasteiger partial charge in [0.05, 0.1) is 12.1 Å². The van der Waals surface area contributed by atoms with E-state index in [1.165, 1.54) is 12.1 Å². The molecule has 16 heavy (non-hydrogen) atoms. The summed E-state index contributed by atoms with van der Waals surface area (Å²) in [4.78, 5) is 0. The Labute approximate surface area is 94.7 Å². The minimum absolute atomic E-state index is 0.381. The van der Waals surface area contributed by atoms with Crippen LogP contribution in [0.3, 0.4) is 0 Å². The average Bonchev–Trinajstić information content (AvgIpc) is 2.18. The highest BCUT2D eigenvalue weighted by Gasteiger charge is 2.29. The monoisotopic (exact) mass is 227 g/mol. The second kappa shape index (κ2) is 4.39. The van der Waals surface area contributed by atoms with E-state index in [1.54, 1.807) is 0 Å². The lowest BCUT2D eigenvalue weighted by Gasteiger charge is -2.31. The summed E-state index contributed by atoms with van der Waals surface area (Å²) in [5.74, 6) is -1.14. The quantitative estimate of drug-likeness (QED) is 0.723. The molecule has 0 saturated carbocycles. The predicted octanol–water partition coefficient (Wildman–Crippen LogP) is 1.94. The maximum atomic E-state index is 13.1. The van der Waals surface area contributed by atoms with Crippen LogP contribution in [-0.4, -0.2) is 16.3 Å². The minimum Gasteiger partial charge on any atom is -0.505 e. The Morgan fingerprint density at radius 3 is 2.31 bits per heavy atom. The number of hydrogen-bond acceptors (Lipinski definition) is 3. The number of nitrogens with two attached hydrogens (primary N) is 1. The van der Waals surface area contributed by atoms with Crippen molar-refractivity contribution in [3.8, 4) is 5.75 Å². The summed E-state index contributed by atoms with van der Waals surface area (Å²) < 4.78 is 13.1. The summed E-state index contributed by atoms with van der Waals surface area (Å²) in [6, 6.07) is 3.22. The second-order valence-corrected chi connectivity index (χ2v) is 5.05. The number of hydrogen-bond donors (Lipinski definition) is 3. The van der Waals surface area contributed by atoms with E-state index in [1.807, 2.05) is 20.8 Å². The van der Waals surface area contributed by atoms with Crippen molar-refractivity contribution in [2.24, 2.45) is 11.1 Å². The second-order valence-electron chi connectivity index (χ2n) is 5.05. The molecule has 90 valence electrons. The molecular weight excluding hydrogens is 209 g/mol. The Morgan fingerprint density at radius 2 is 1.88 bits per heavy atom. The molecule has 4 N–H and O–H groups in total. The van der Waals surface area contributed by atoms with Crippen LogP contribution in [0.1, 0.15) is 32.4 Å². The van der Waals surface area contributed by atoms with E-state index >= 15 is 0 Å². The van der Waals surface area contributed by atoms with Crippen molar-refractivity contribution in [3.63, 3.8) is 0 Å². The first kappa shape index (κ1) is 12.9. The van der Waals surface area contributed by atoms with Crippen molar-refractivity contribution in [2.45, 2.75) is 32.9 Å². The average molecular weight is 227 g/mol. The summed E-state index contributed by atoms with van der Waals surface area (Å²) in [6.07, 6.45) is -0.781. The van der Waals surface area contributed by atoms with Crippen molar-refractivity contribution in [2.75, 3.05) is 0 Å². The molecule has 0 spiro atoms. The molecule has 0 saturated heterocycles. The van der Waals surface area contributed by atoms with Crippen molar-refractivity contribution in [3.05, 3.63) is 29.6 Å². The van der Waals surface area contributed by atoms with E-state index in [9.17, 15) is 9.50 Å². The summed E-state index contributed by atoms with van der Waals surface area (Å²) >= 11 is 0. The number of aromatic hydroxyl groups is 1. The van der Waals surface area contributed by atoms with Crippen molar-refractivity contribution in [1.82, 2.24) is 0 Å². The van der Waals surface area contributed by atoms with E-state index in [0.29, 0.717) is 5.56 Å². The molecule has 1 aromatic rings. The predicted molar refractivity (Wildman–Crippen MR) is 60.5 cm³/mol. The highest BCUT2D eigenvalue weighted by atomic mass is 19.1. The molecule has 0 fully saturated rings. The molecule has 0 aliphatic carbocycles. The van der Waals surface area contributed by atoms with E-state index in [4.69, 9.17) is 10.8 Å². The molecule has 0 unspecified atom stereocenters. The Morgan fingerprint density at radius 1 is 1.31 bits per heavy atom. The lowest BCUT2D eigenvalue weighted by atomic mass is 9.82. The zero-order valence-electron chi connectivity index (χ0n) is 9.74. The molecule has 3 nitrogen and oxygen atoms in total. The molecular formula is C12H18FNO2. The third-order valence-corrected chi connectivity index (χ3v) is 2.58. The number of aliphatic hydroxyl groups excluding tert-OH is 1. The maximum absolute atomic E-state index is 13.1. The first-order valence-corrected chi connectivity index (χ1v) is 5.15. The van der Waals surface area contributed by atoms with Gasteiger partial charge < -0.3 is 15.9 Å². The minimum atomic E-state index is -0.781. The van der Waals surface area contributed by atoms with E-state index < -0.39 is 23.7 Å². The first-order valence-electron chi connectivity index (χ1n) is 5.15. The van der Waals surface area contributed by atoms with Crippen LogP contribution in [0.4, 0.5) is 4.39 Å². The van der Waals surface area contributed by atoms with Gasteiger partial charge in [-0.1, -0.05) is 26.8 Å². The molecule has 0 heterocycles. The lowest BCUT2D eigenvalue weighted by Crippen LogP contribution is -2.37. The van der Waals surface area contributed by atoms with Gasteiger partial charge >= 0.3 is 0 Å². The molecule has 4 heteroatoms. The van der Waals surface area contributed by atoms with E-state index in [2.05, 4.69) is 0 Å². The fourth-order valence-corrected chi connectivity index (χ4v) is 1.45. The summed E-state index contributed by atoms with van der Waals surface area (Å²) in [7, 11) is 0. The molecule has 0 aliphatic rings. The van der Waals surface area contributed by atoms with Crippen LogP contribution in [0.2, 0.25) is 0 Å². The normalized spacial score (nSPS) is 15.9. The van der Waals surface area contributed by atoms with Crippen LogP contribution in [0, 0.1) is 11.2 Å². The van der Waals surface area contributed by atoms with Crippen LogP contribution in [0.25, 0.3) is 0 Å². The van der Waals surface area contributed by atoms with Crippen LogP contribution >= 0.6 is 0 Å². The molecule has 0 amide bonds. The van der Waals surface area contributed by atoms with Crippen molar-refractivity contribution < 1.29 is 14.6 Å². The molecule has 0 aliphatic heterocycles. The SMILES string of the molecule is CC(C)(C)[C@@H](O)[C@@H](N)c1ccc(O)c(F)c1. The van der Waals surface area contributed by atoms with Gasteiger partial charge in [0.25, 0.3) is 0 Å². The van der Waals surface area contributed by atoms with Crippen LogP contribution in [-0.2, 0) is 0 Å². The number of rotatable bonds is 2. The van der Waals surface area contributed by atoms with Gasteiger partial charge in [0.2, 0.25) is 0 Å². The maximum Gasteiger partial charge on any atom is 0.165 e. The molecule has 0 radical (unpaired) electrons. The third-order valence-electron chi connectivity index (χ3n) is 2.58. The van der Waals surface area contributed by atoms with Gasteiger partial charge in [0.1, 0.15) is 0 Å². The van der Waals surface area contributed by atoms with Gasteiger partial charge in [-0.3, -0.25) is 0 Å². The molecule has 1 rings (SSSR count). The largest absolute Gasteiger partial charge is 0.505 e. The number of benzene rings is 1. The van der Waals surface area contributed by atoms with E-state index in [-0.39, 0.29) is 5.41 Å². The van der Waals surface area contributed by atoms with Gasteiger partial charge in [0.15, 0.2) is 11.6 Å². The van der Waals surface area contributed by atoms with Crippen LogP contribution in [0.15, 0.2) is 18.2 Å². The van der Waals surface area contributed by atoms with Gasteiger partial charge in [-0.2, -0.15) is 0 Å². The topological polar surface area (TPSA) is 66.5 Å². The standard InChI is InChI=1S/C12H18FNO2/c1-12(2,3)11(16)10(14)7-4-5-9(15)8(13)6-7/h4-6,10-11,15-16H,14H2,1-3H3/t10-,11-/m0/s1. The number of aliphatic hydroxyl groups is 1. The zero-order valence-corrected chi connectivity index (χ0v) is 9.74. The lowest BCUT2D eigenvalue weighted by molar-refractivity contribution is 0.0400. The highest BCUT2D eigenvalue weighted by Crippen LogP contribution is 2.29. The van der Waals surface area contributed by atoms with E-state index in [0.717, 1.165) is 6.07 Å². The molecule has 0 aromatic heterocycles. The summed E-state index contributed by atoms with van der Waals surface area (Å²) in [6.45, 7) is 5.57. The Hall–Kier alpha value is -1.13. The third kappa shape index (κ3) is 2.71. The van der Waals surface area contributed by atoms with Gasteiger partial charge in [-0.25, -0.2) is 4.39 Å². The summed E-state index contributed by atoms with van der Waals surface area (Å²) in [5.41, 5.74) is 5.93. The van der Waals surface area contributed by atoms with Gasteiger partial charge in [-0.05, 0) is 23.1 Å². The number of halogens is 1. The van der Waals surface area contributed by atoms with Crippen LogP contribution < -0.4 is 5.73 Å². The summed E-state index contributed by atoms with van der Waals surface area (Å²) in [5, 5.41) is 19.0. The number of phenols is 1. The highest BCUT2D eigenvalue weighted by molar-refractivity contribution is 5.30. The Bertz CT molecular complexity index is 374. The first-order chi connectivity index (χ1) is 7.23. The zero-order chi connectivity index (χ0) is 12.5. The molecule has 2 atom stereocenters. The fourth-order valence-electron chi connectivity index (χ4n) is 1.45. The van der Waals surface area contributed by atoms with Gasteiger partial charge in [0, 0.05) is 0 Å². The van der Waals surface area contributed by atoms with Crippen molar-refractivity contribution >= 4 is 0 Å². The van der Waals surface area contributed by atoms with Crippen LogP contribution in [0.5, 0.6) is 5.75 Å². The Kier molecular flexibility index (Phi) is 3.55. The smallest absolute Gasteiger partial charge is 0.165 e. The molecule has 0 bridgehead atoms. The van der Waals surface area contributed by atoms with Crippen molar-refractivity contribution in [1.29, 1.82) is 0 Å². The van der Waals surface area contributed by atoms with Gasteiger partial charge in [-0.15, -0.1) is 0 Å². The fraction of sp³-hybridized carbons (Fsp3) is 0.500. The Balaban J connectivity index is 2.97.